The number of methoxy groups -OCH3 is 2. The Labute approximate surface area is 396 Å². The summed E-state index contributed by atoms with van der Waals surface area (Å²) in [4.78, 5) is 73.6. The number of hydrogen-bond donors (Lipinski definition) is 4. The summed E-state index contributed by atoms with van der Waals surface area (Å²) >= 11 is 0. The summed E-state index contributed by atoms with van der Waals surface area (Å²) in [6.45, 7) is 8.61. The van der Waals surface area contributed by atoms with Crippen LogP contribution in [0.15, 0.2) is 91.1 Å². The Morgan fingerprint density at radius 2 is 1.37 bits per heavy atom. The Hall–Kier alpha value is -6.96. The van der Waals surface area contributed by atoms with Gasteiger partial charge in [-0.15, -0.1) is 0 Å². The van der Waals surface area contributed by atoms with Crippen molar-refractivity contribution >= 4 is 35.0 Å². The number of alkyl carbamates (subject to hydrolysis) is 2. The SMILES string of the molecule is COC(=O)N[C@H](C(=O)N1[C@@H](C)CC[C@H]1c1nc2cc(-c3ccc(-c4ccc(-c5cnc([C@@H]6C[C@H](C)CN6C(=O)[C@@H](NC(=O)OC)C(C)C)[nH]5)cc4)c4c3C3CCC4C3)ccc2[nH]1)c1ccccc1. The first-order valence-corrected chi connectivity index (χ1v) is 24.1. The van der Waals surface area contributed by atoms with Gasteiger partial charge in [-0.05, 0) is 126 Å². The molecule has 10 rings (SSSR count). The molecule has 1 saturated carbocycles. The molecule has 0 radical (unpaired) electrons. The van der Waals surface area contributed by atoms with Gasteiger partial charge >= 0.3 is 12.2 Å². The van der Waals surface area contributed by atoms with Crippen LogP contribution in [0.25, 0.3) is 44.5 Å². The third-order valence-corrected chi connectivity index (χ3v) is 15.0. The van der Waals surface area contributed by atoms with Crippen molar-refractivity contribution in [2.24, 2.45) is 11.8 Å². The van der Waals surface area contributed by atoms with Crippen LogP contribution in [0.3, 0.4) is 0 Å². The third kappa shape index (κ3) is 8.17. The number of rotatable bonds is 11. The summed E-state index contributed by atoms with van der Waals surface area (Å²) in [5, 5.41) is 5.52. The number of nitrogens with zero attached hydrogens (tertiary/aromatic N) is 4. The molecular weight excluding hydrogens is 857 g/mol. The number of aromatic amines is 2. The van der Waals surface area contributed by atoms with Gasteiger partial charge in [-0.3, -0.25) is 9.59 Å². The van der Waals surface area contributed by atoms with Gasteiger partial charge in [-0.1, -0.05) is 93.6 Å². The Morgan fingerprint density at radius 3 is 2.06 bits per heavy atom. The minimum Gasteiger partial charge on any atom is -0.453 e. The van der Waals surface area contributed by atoms with Crippen LogP contribution < -0.4 is 10.6 Å². The lowest BCUT2D eigenvalue weighted by atomic mass is 9.81. The summed E-state index contributed by atoms with van der Waals surface area (Å²) in [5.41, 5.74) is 12.1. The molecule has 3 fully saturated rings. The fraction of sp³-hybridized carbons (Fsp3) is 0.407. The van der Waals surface area contributed by atoms with Crippen molar-refractivity contribution in [1.29, 1.82) is 0 Å². The molecule has 2 saturated heterocycles. The fourth-order valence-electron chi connectivity index (χ4n) is 11.7. The second-order valence-electron chi connectivity index (χ2n) is 19.7. The van der Waals surface area contributed by atoms with E-state index in [-0.39, 0.29) is 41.8 Å². The average molecular weight is 917 g/mol. The van der Waals surface area contributed by atoms with E-state index in [0.29, 0.717) is 23.9 Å². The number of H-pyrrole nitrogens is 2. The van der Waals surface area contributed by atoms with E-state index in [0.717, 1.165) is 65.2 Å². The average Bonchev–Trinajstić information content (AvgIpc) is 4.23. The maximum atomic E-state index is 14.4. The topological polar surface area (TPSA) is 175 Å². The Morgan fingerprint density at radius 1 is 0.706 bits per heavy atom. The van der Waals surface area contributed by atoms with E-state index in [1.54, 1.807) is 0 Å². The molecule has 68 heavy (non-hydrogen) atoms. The maximum Gasteiger partial charge on any atom is 0.407 e. The summed E-state index contributed by atoms with van der Waals surface area (Å²) in [6, 6.07) is 26.9. The van der Waals surface area contributed by atoms with Gasteiger partial charge in [-0.25, -0.2) is 19.6 Å². The van der Waals surface area contributed by atoms with E-state index in [1.807, 2.05) is 60.2 Å². The molecule has 4 heterocycles. The van der Waals surface area contributed by atoms with Crippen molar-refractivity contribution in [2.75, 3.05) is 20.8 Å². The number of nitrogens with one attached hydrogen (secondary N) is 4. The second kappa shape index (κ2) is 18.3. The number of likely N-dealkylation sites (tertiary alicyclic amines) is 2. The molecule has 2 bridgehead atoms. The van der Waals surface area contributed by atoms with Crippen LogP contribution >= 0.6 is 0 Å². The van der Waals surface area contributed by atoms with Crippen LogP contribution in [0.2, 0.25) is 0 Å². The number of carbonyl (C=O) groups is 4. The molecule has 4 aromatic carbocycles. The minimum absolute atomic E-state index is 0.0496. The van der Waals surface area contributed by atoms with Crippen molar-refractivity contribution < 1.29 is 28.7 Å². The van der Waals surface area contributed by atoms with Gasteiger partial charge in [0.25, 0.3) is 5.91 Å². The van der Waals surface area contributed by atoms with E-state index in [2.05, 4.69) is 89.0 Å². The highest BCUT2D eigenvalue weighted by Crippen LogP contribution is 2.58. The zero-order chi connectivity index (χ0) is 47.4. The van der Waals surface area contributed by atoms with Crippen molar-refractivity contribution in [3.05, 3.63) is 119 Å². The molecule has 352 valence electrons. The third-order valence-electron chi connectivity index (χ3n) is 15.0. The van der Waals surface area contributed by atoms with Crippen LogP contribution in [0.5, 0.6) is 0 Å². The molecule has 14 nitrogen and oxygen atoms in total. The Bertz CT molecular complexity index is 2870. The number of ether oxygens (including phenoxy) is 2. The highest BCUT2D eigenvalue weighted by atomic mass is 16.5. The van der Waals surface area contributed by atoms with Crippen LogP contribution in [0.1, 0.15) is 125 Å². The van der Waals surface area contributed by atoms with Gasteiger partial charge in [-0.2, -0.15) is 0 Å². The molecule has 0 spiro atoms. The summed E-state index contributed by atoms with van der Waals surface area (Å²) in [5.74, 6) is 2.33. The van der Waals surface area contributed by atoms with E-state index in [1.165, 1.54) is 54.9 Å². The number of benzene rings is 4. The largest absolute Gasteiger partial charge is 0.453 e. The lowest BCUT2D eigenvalue weighted by Gasteiger charge is -2.31. The molecule has 2 aliphatic heterocycles. The predicted octanol–water partition coefficient (Wildman–Crippen LogP) is 10.1. The van der Waals surface area contributed by atoms with Gasteiger partial charge in [0.05, 0.1) is 49.2 Å². The smallest absolute Gasteiger partial charge is 0.407 e. The van der Waals surface area contributed by atoms with E-state index >= 15 is 0 Å². The first kappa shape index (κ1) is 44.9. The molecular formula is C54H60N8O6. The van der Waals surface area contributed by atoms with Gasteiger partial charge < -0.3 is 39.9 Å². The number of aromatic nitrogens is 4. The molecule has 4 aliphatic rings. The lowest BCUT2D eigenvalue weighted by molar-refractivity contribution is -0.136. The standard InChI is InChI=1S/C54H60N8O6/c1-29(2)47(59-53(65)67-5)51(63)61-28-30(3)24-44(61)49-55-27-42(58-49)33-15-13-32(14-16-33)38-20-21-39(46-37-18-17-36(25-37)45(38)46)35-19-22-40-41(26-35)57-50(56-40)43-23-12-31(4)62(43)52(64)48(60-54(66)68-6)34-10-8-7-9-11-34/h7-11,13-16,19-22,26-27,29-31,36-37,43-44,47-48H,12,17-18,23-25,28H2,1-6H3,(H,55,58)(H,56,57)(H,59,65)(H,60,66)/t30-,31-,36?,37?,43-,44-,47-,48-/m0/s1. The second-order valence-corrected chi connectivity index (χ2v) is 19.7. The van der Waals surface area contributed by atoms with Crippen molar-refractivity contribution in [2.45, 2.75) is 108 Å². The molecule has 4 amide bonds. The molecule has 8 atom stereocenters. The summed E-state index contributed by atoms with van der Waals surface area (Å²) < 4.78 is 9.74. The van der Waals surface area contributed by atoms with E-state index in [9.17, 15) is 19.2 Å². The van der Waals surface area contributed by atoms with Crippen LogP contribution in [-0.2, 0) is 19.1 Å². The Kier molecular flexibility index (Phi) is 12.0. The monoisotopic (exact) mass is 916 g/mol. The molecule has 4 N–H and O–H groups in total. The number of imidazole rings is 2. The van der Waals surface area contributed by atoms with Gasteiger partial charge in [0.1, 0.15) is 23.7 Å². The van der Waals surface area contributed by atoms with Crippen LogP contribution in [0.4, 0.5) is 9.59 Å². The molecule has 2 unspecified atom stereocenters. The van der Waals surface area contributed by atoms with Gasteiger partial charge in [0.15, 0.2) is 0 Å². The summed E-state index contributed by atoms with van der Waals surface area (Å²) in [7, 11) is 2.60. The first-order chi connectivity index (χ1) is 32.9. The number of amides is 4. The zero-order valence-corrected chi connectivity index (χ0v) is 39.5. The highest BCUT2D eigenvalue weighted by molar-refractivity contribution is 5.89. The first-order valence-electron chi connectivity index (χ1n) is 24.1. The van der Waals surface area contributed by atoms with Crippen LogP contribution in [0, 0.1) is 11.8 Å². The maximum absolute atomic E-state index is 14.4. The van der Waals surface area contributed by atoms with Gasteiger partial charge in [0, 0.05) is 12.6 Å². The van der Waals surface area contributed by atoms with Gasteiger partial charge in [0.2, 0.25) is 5.91 Å². The number of carbonyl (C=O) groups excluding carboxylic acids is 4. The molecule has 2 aliphatic carbocycles. The normalized spacial score (nSPS) is 22.6. The number of hydrogen-bond acceptors (Lipinski definition) is 8. The molecule has 6 aromatic rings. The predicted molar refractivity (Wildman–Crippen MR) is 259 cm³/mol. The lowest BCUT2D eigenvalue weighted by Crippen LogP contribution is -2.51. The Balaban J connectivity index is 0.898. The fourth-order valence-corrected chi connectivity index (χ4v) is 11.7. The van der Waals surface area contributed by atoms with E-state index in [4.69, 9.17) is 19.4 Å². The van der Waals surface area contributed by atoms with Crippen molar-refractivity contribution in [3.8, 4) is 33.5 Å². The highest BCUT2D eigenvalue weighted by Gasteiger charge is 2.43. The van der Waals surface area contributed by atoms with Crippen molar-refractivity contribution in [3.63, 3.8) is 0 Å². The van der Waals surface area contributed by atoms with Crippen LogP contribution in [-0.4, -0.2) is 86.6 Å². The minimum atomic E-state index is -0.897. The zero-order valence-electron chi connectivity index (χ0n) is 39.5. The quantitative estimate of drug-likeness (QED) is 0.0994. The molecule has 2 aromatic heterocycles. The summed E-state index contributed by atoms with van der Waals surface area (Å²) in [6.07, 6.45) is 6.45. The number of fused-ring (bicyclic) bond motifs is 6. The van der Waals surface area contributed by atoms with Crippen molar-refractivity contribution in [1.82, 2.24) is 40.4 Å². The van der Waals surface area contributed by atoms with E-state index < -0.39 is 24.3 Å². The molecule has 14 heteroatoms.